The monoisotopic (exact) mass is 542 g/mol. The summed E-state index contributed by atoms with van der Waals surface area (Å²) in [5.41, 5.74) is -3.18. The molecule has 0 amide bonds. The van der Waals surface area contributed by atoms with Crippen LogP contribution in [-0.2, 0) is 21.8 Å². The summed E-state index contributed by atoms with van der Waals surface area (Å²) in [5.74, 6) is -2.25. The van der Waals surface area contributed by atoms with Crippen molar-refractivity contribution in [3.05, 3.63) is 71.7 Å². The Morgan fingerprint density at radius 1 is 0.811 bits per heavy atom. The highest BCUT2D eigenvalue weighted by atomic mass is 19.4. The number of hydrogen-bond acceptors (Lipinski definition) is 11. The molecule has 0 radical (unpaired) electrons. The van der Waals surface area contributed by atoms with Crippen LogP contribution in [0.4, 0.5) is 49.1 Å². The number of carbonyl (C=O) groups excluding carboxylic acids is 2. The molecule has 2 aromatic rings. The quantitative estimate of drug-likeness (QED) is 0.137. The van der Waals surface area contributed by atoms with Crippen molar-refractivity contribution in [2.24, 2.45) is 5.18 Å². The number of carbonyl (C=O) groups is 2. The minimum atomic E-state index is -5.06. The van der Waals surface area contributed by atoms with Gasteiger partial charge in [0.1, 0.15) is 16.8 Å². The summed E-state index contributed by atoms with van der Waals surface area (Å²) >= 11 is 0. The van der Waals surface area contributed by atoms with E-state index in [1.807, 2.05) is 0 Å². The van der Waals surface area contributed by atoms with Gasteiger partial charge in [0.2, 0.25) is 0 Å². The molecule has 0 bridgehead atoms. The van der Waals surface area contributed by atoms with E-state index < -0.39 is 79.1 Å². The molecule has 0 aliphatic rings. The van der Waals surface area contributed by atoms with Crippen LogP contribution in [0, 0.1) is 25.1 Å². The summed E-state index contributed by atoms with van der Waals surface area (Å²) in [6, 6.07) is 1.23. The topological polar surface area (TPSA) is 194 Å². The molecule has 37 heavy (non-hydrogen) atoms. The predicted octanol–water partition coefficient (Wildman–Crippen LogP) is 4.78. The van der Waals surface area contributed by atoms with Gasteiger partial charge >= 0.3 is 24.3 Å². The first-order valence-electron chi connectivity index (χ1n) is 8.95. The minimum absolute atomic E-state index is 0.136. The molecule has 0 spiro atoms. The van der Waals surface area contributed by atoms with E-state index in [9.17, 15) is 61.1 Å². The van der Waals surface area contributed by atoms with E-state index in [4.69, 9.17) is 5.73 Å². The normalized spacial score (nSPS) is 11.0. The van der Waals surface area contributed by atoms with Crippen LogP contribution in [0.25, 0.3) is 0 Å². The molecule has 0 saturated carbocycles. The number of nitrogen functional groups attached to an aromatic ring is 1. The van der Waals surface area contributed by atoms with E-state index in [1.54, 1.807) is 0 Å². The number of hydrogen-bond donors (Lipinski definition) is 1. The first-order chi connectivity index (χ1) is 16.9. The molecule has 0 fully saturated rings. The summed E-state index contributed by atoms with van der Waals surface area (Å²) < 4.78 is 83.8. The zero-order valence-corrected chi connectivity index (χ0v) is 18.2. The number of nitrogens with zero attached hydrogens (tertiary/aromatic N) is 3. The molecule has 0 saturated heterocycles. The lowest BCUT2D eigenvalue weighted by Crippen LogP contribution is -2.13. The van der Waals surface area contributed by atoms with Crippen LogP contribution >= 0.6 is 0 Å². The van der Waals surface area contributed by atoms with Gasteiger partial charge in [-0.2, -0.15) is 26.3 Å². The third-order valence-corrected chi connectivity index (χ3v) is 4.20. The van der Waals surface area contributed by atoms with Gasteiger partial charge in [-0.3, -0.25) is 20.2 Å². The van der Waals surface area contributed by atoms with Crippen molar-refractivity contribution in [1.29, 1.82) is 0 Å². The zero-order valence-electron chi connectivity index (χ0n) is 18.2. The molecule has 0 aliphatic heterocycles. The first kappa shape index (κ1) is 30.2. The van der Waals surface area contributed by atoms with Crippen molar-refractivity contribution in [3.8, 4) is 0 Å². The van der Waals surface area contributed by atoms with Crippen molar-refractivity contribution < 1.29 is 55.3 Å². The van der Waals surface area contributed by atoms with Gasteiger partial charge in [-0.1, -0.05) is 0 Å². The fraction of sp³-hybridized carbons (Fsp3) is 0.222. The van der Waals surface area contributed by atoms with Gasteiger partial charge in [0.15, 0.2) is 0 Å². The van der Waals surface area contributed by atoms with Crippen LogP contribution in [0.15, 0.2) is 29.4 Å². The van der Waals surface area contributed by atoms with Gasteiger partial charge in [0, 0.05) is 17.8 Å². The number of benzene rings is 2. The molecule has 0 heterocycles. The van der Waals surface area contributed by atoms with Crippen LogP contribution in [0.1, 0.15) is 31.8 Å². The molecule has 0 aliphatic carbocycles. The highest BCUT2D eigenvalue weighted by Gasteiger charge is 2.41. The third-order valence-electron chi connectivity index (χ3n) is 4.20. The zero-order chi connectivity index (χ0) is 28.9. The maximum atomic E-state index is 12.6. The van der Waals surface area contributed by atoms with Gasteiger partial charge in [-0.15, -0.1) is 4.91 Å². The number of methoxy groups -OCH3 is 2. The van der Waals surface area contributed by atoms with Crippen LogP contribution in [0.2, 0.25) is 0 Å². The van der Waals surface area contributed by atoms with E-state index >= 15 is 0 Å². The third kappa shape index (κ3) is 7.08. The Balaban J connectivity index is 0.000000371. The second kappa shape index (κ2) is 11.3. The highest BCUT2D eigenvalue weighted by molar-refractivity contribution is 5.96. The van der Waals surface area contributed by atoms with Gasteiger partial charge in [0.05, 0.1) is 35.2 Å². The molecule has 2 rings (SSSR count). The summed E-state index contributed by atoms with van der Waals surface area (Å²) in [4.78, 5) is 51.4. The summed E-state index contributed by atoms with van der Waals surface area (Å²) in [7, 11) is 1.88. The lowest BCUT2D eigenvalue weighted by atomic mass is 10.1. The number of halogens is 6. The Bertz CT molecular complexity index is 1260. The molecule has 0 atom stereocenters. The van der Waals surface area contributed by atoms with Gasteiger partial charge in [0.25, 0.3) is 11.4 Å². The molecular weight excluding hydrogens is 530 g/mol. The summed E-state index contributed by atoms with van der Waals surface area (Å²) in [6.45, 7) is 0. The molecule has 0 unspecified atom stereocenters. The Kier molecular flexibility index (Phi) is 9.19. The predicted molar refractivity (Wildman–Crippen MR) is 109 cm³/mol. The van der Waals surface area contributed by atoms with E-state index in [-0.39, 0.29) is 6.07 Å². The number of esters is 2. The molecule has 2 N–H and O–H groups in total. The molecule has 19 heteroatoms. The maximum Gasteiger partial charge on any atom is 0.423 e. The van der Waals surface area contributed by atoms with Crippen molar-refractivity contribution in [2.45, 2.75) is 12.4 Å². The second-order valence-corrected chi connectivity index (χ2v) is 6.43. The first-order valence-corrected chi connectivity index (χ1v) is 8.95. The van der Waals surface area contributed by atoms with Crippen molar-refractivity contribution in [1.82, 2.24) is 0 Å². The van der Waals surface area contributed by atoms with Crippen LogP contribution in [-0.4, -0.2) is 36.0 Å². The van der Waals surface area contributed by atoms with E-state index in [2.05, 4.69) is 14.7 Å². The number of rotatable bonds is 5. The largest absolute Gasteiger partial charge is 0.465 e. The van der Waals surface area contributed by atoms with E-state index in [0.29, 0.717) is 18.2 Å². The number of nitrogens with two attached hydrogens (primary N) is 1. The van der Waals surface area contributed by atoms with E-state index in [0.717, 1.165) is 14.2 Å². The van der Waals surface area contributed by atoms with Crippen LogP contribution in [0.5, 0.6) is 0 Å². The lowest BCUT2D eigenvalue weighted by molar-refractivity contribution is -0.388. The van der Waals surface area contributed by atoms with Crippen LogP contribution in [0.3, 0.4) is 0 Å². The number of nitro benzene ring substituents is 2. The Hall–Kier alpha value is -4.84. The molecule has 2 aromatic carbocycles. The number of ether oxygens (including phenoxy) is 2. The minimum Gasteiger partial charge on any atom is -0.465 e. The molecule has 0 aromatic heterocycles. The Labute approximate surface area is 200 Å². The summed E-state index contributed by atoms with van der Waals surface area (Å²) in [6.07, 6.45) is -10.00. The number of anilines is 1. The van der Waals surface area contributed by atoms with Crippen molar-refractivity contribution in [3.63, 3.8) is 0 Å². The number of nitro groups is 2. The standard InChI is InChI=1S/C9H5F3N2O5.C9H7F3N2O4/c1-19-8(15)4-2-7(14(17)18)5(9(10,11)12)3-6(4)13-16;1-18-8(15)4-2-7(14(16)17)5(3-6(4)13)9(10,11)12/h2-3H,1H3;2-3H,13H2,1H3. The lowest BCUT2D eigenvalue weighted by Gasteiger charge is -2.10. The second-order valence-electron chi connectivity index (χ2n) is 6.43. The van der Waals surface area contributed by atoms with Gasteiger partial charge in [-0.25, -0.2) is 9.59 Å². The SMILES string of the molecule is COC(=O)c1cc([N+](=O)[O-])c(C(F)(F)F)cc1N.COC(=O)c1cc([N+](=O)[O-])c(C(F)(F)F)cc1N=O. The average Bonchev–Trinajstić information content (AvgIpc) is 2.80. The van der Waals surface area contributed by atoms with Crippen molar-refractivity contribution >= 4 is 34.7 Å². The van der Waals surface area contributed by atoms with E-state index in [1.165, 1.54) is 0 Å². The fourth-order valence-electron chi connectivity index (χ4n) is 2.57. The highest BCUT2D eigenvalue weighted by Crippen LogP contribution is 2.40. The Morgan fingerprint density at radius 2 is 1.19 bits per heavy atom. The molecular formula is C18H12F6N4O9. The van der Waals surface area contributed by atoms with Gasteiger partial charge in [-0.05, 0) is 17.3 Å². The average molecular weight is 542 g/mol. The van der Waals surface area contributed by atoms with Gasteiger partial charge < -0.3 is 15.2 Å². The smallest absolute Gasteiger partial charge is 0.423 e. The fourth-order valence-corrected chi connectivity index (χ4v) is 2.57. The number of nitroso groups, excluding NO2 is 1. The summed E-state index contributed by atoms with van der Waals surface area (Å²) in [5, 5.41) is 23.4. The maximum absolute atomic E-state index is 12.6. The Morgan fingerprint density at radius 3 is 1.54 bits per heavy atom. The molecule has 13 nitrogen and oxygen atoms in total. The number of alkyl halides is 6. The van der Waals surface area contributed by atoms with Crippen molar-refractivity contribution in [2.75, 3.05) is 20.0 Å². The molecule has 200 valence electrons. The van der Waals surface area contributed by atoms with Crippen LogP contribution < -0.4 is 5.73 Å².